The molecule has 2 N–H and O–H groups in total. The van der Waals surface area contributed by atoms with Gasteiger partial charge in [0.2, 0.25) is 0 Å². The van der Waals surface area contributed by atoms with Crippen molar-refractivity contribution in [3.63, 3.8) is 0 Å². The second-order valence-corrected chi connectivity index (χ2v) is 3.15. The SMILES string of the molecule is CC(C)(O)OCC/C=C\CC(=O)O. The van der Waals surface area contributed by atoms with Gasteiger partial charge in [-0.15, -0.1) is 0 Å². The van der Waals surface area contributed by atoms with Gasteiger partial charge in [-0.1, -0.05) is 12.2 Å². The summed E-state index contributed by atoms with van der Waals surface area (Å²) in [6, 6.07) is 0. The molecule has 0 saturated carbocycles. The summed E-state index contributed by atoms with van der Waals surface area (Å²) in [5.74, 6) is -1.96. The Labute approximate surface area is 77.8 Å². The molecule has 0 unspecified atom stereocenters. The minimum Gasteiger partial charge on any atom is -0.481 e. The predicted molar refractivity (Wildman–Crippen MR) is 48.3 cm³/mol. The van der Waals surface area contributed by atoms with Crippen molar-refractivity contribution in [2.24, 2.45) is 0 Å². The molecule has 0 aliphatic carbocycles. The number of carboxylic acids is 1. The second-order valence-electron chi connectivity index (χ2n) is 3.15. The van der Waals surface area contributed by atoms with Gasteiger partial charge in [-0.2, -0.15) is 0 Å². The van der Waals surface area contributed by atoms with E-state index in [9.17, 15) is 4.79 Å². The summed E-state index contributed by atoms with van der Waals surface area (Å²) in [6.07, 6.45) is 3.93. The lowest BCUT2D eigenvalue weighted by Gasteiger charge is -2.17. The van der Waals surface area contributed by atoms with Crippen molar-refractivity contribution in [3.8, 4) is 0 Å². The summed E-state index contributed by atoms with van der Waals surface area (Å²) in [5.41, 5.74) is 0. The van der Waals surface area contributed by atoms with Crippen LogP contribution < -0.4 is 0 Å². The van der Waals surface area contributed by atoms with Crippen molar-refractivity contribution in [1.82, 2.24) is 0 Å². The topological polar surface area (TPSA) is 66.8 Å². The number of ether oxygens (including phenoxy) is 1. The molecule has 76 valence electrons. The van der Waals surface area contributed by atoms with Crippen LogP contribution in [0.15, 0.2) is 12.2 Å². The fraction of sp³-hybridized carbons (Fsp3) is 0.667. The third-order valence-electron chi connectivity index (χ3n) is 1.20. The van der Waals surface area contributed by atoms with Gasteiger partial charge in [0.15, 0.2) is 5.79 Å². The van der Waals surface area contributed by atoms with E-state index in [1.807, 2.05) is 0 Å². The van der Waals surface area contributed by atoms with Crippen LogP contribution in [0.3, 0.4) is 0 Å². The Hall–Kier alpha value is -0.870. The first-order valence-electron chi connectivity index (χ1n) is 4.15. The molecule has 0 bridgehead atoms. The highest BCUT2D eigenvalue weighted by molar-refractivity contribution is 5.68. The summed E-state index contributed by atoms with van der Waals surface area (Å²) in [7, 11) is 0. The van der Waals surface area contributed by atoms with Crippen LogP contribution in [-0.2, 0) is 9.53 Å². The zero-order chi connectivity index (χ0) is 10.3. The molecule has 0 atom stereocenters. The predicted octanol–water partition coefficient (Wildman–Crippen LogP) is 1.15. The van der Waals surface area contributed by atoms with Crippen molar-refractivity contribution < 1.29 is 19.7 Å². The van der Waals surface area contributed by atoms with Crippen LogP contribution in [0.2, 0.25) is 0 Å². The first kappa shape index (κ1) is 12.1. The Morgan fingerprint density at radius 2 is 2.08 bits per heavy atom. The molecular weight excluding hydrogens is 172 g/mol. The fourth-order valence-electron chi connectivity index (χ4n) is 0.679. The zero-order valence-electron chi connectivity index (χ0n) is 7.99. The van der Waals surface area contributed by atoms with Crippen LogP contribution in [0.5, 0.6) is 0 Å². The first-order valence-corrected chi connectivity index (χ1v) is 4.15. The summed E-state index contributed by atoms with van der Waals surface area (Å²) >= 11 is 0. The number of carbonyl (C=O) groups is 1. The lowest BCUT2D eigenvalue weighted by molar-refractivity contribution is -0.174. The average Bonchev–Trinajstić information content (AvgIpc) is 1.93. The van der Waals surface area contributed by atoms with Crippen molar-refractivity contribution in [2.75, 3.05) is 6.61 Å². The van der Waals surface area contributed by atoms with Gasteiger partial charge >= 0.3 is 5.97 Å². The first-order chi connectivity index (χ1) is 5.92. The Kier molecular flexibility index (Phi) is 5.34. The van der Waals surface area contributed by atoms with Crippen molar-refractivity contribution >= 4 is 5.97 Å². The molecule has 0 aromatic rings. The Balaban J connectivity index is 3.36. The lowest BCUT2D eigenvalue weighted by Crippen LogP contribution is -2.23. The molecule has 0 amide bonds. The van der Waals surface area contributed by atoms with Gasteiger partial charge in [0.1, 0.15) is 0 Å². The number of carboxylic acid groups (broad SMARTS) is 1. The molecule has 0 aromatic heterocycles. The standard InChI is InChI=1S/C9H16O4/c1-9(2,12)13-7-5-3-4-6-8(10)11/h3-4,12H,5-7H2,1-2H3,(H,10,11)/b4-3-. The van der Waals surface area contributed by atoms with Gasteiger partial charge in [-0.3, -0.25) is 4.79 Å². The minimum absolute atomic E-state index is 0.0303. The van der Waals surface area contributed by atoms with E-state index in [2.05, 4.69) is 0 Å². The molecule has 4 heteroatoms. The number of rotatable bonds is 6. The highest BCUT2D eigenvalue weighted by atomic mass is 16.6. The quantitative estimate of drug-likeness (QED) is 0.373. The molecule has 0 heterocycles. The third-order valence-corrected chi connectivity index (χ3v) is 1.20. The van der Waals surface area contributed by atoms with Crippen molar-refractivity contribution in [1.29, 1.82) is 0 Å². The lowest BCUT2D eigenvalue weighted by atomic mass is 10.3. The third kappa shape index (κ3) is 11.1. The number of hydrogen-bond donors (Lipinski definition) is 2. The molecule has 4 nitrogen and oxygen atoms in total. The van der Waals surface area contributed by atoms with Gasteiger partial charge in [-0.05, 0) is 20.3 Å². The van der Waals surface area contributed by atoms with E-state index in [1.165, 1.54) is 0 Å². The molecule has 0 rings (SSSR count). The summed E-state index contributed by atoms with van der Waals surface area (Å²) in [5, 5.41) is 17.4. The van der Waals surface area contributed by atoms with E-state index < -0.39 is 11.8 Å². The monoisotopic (exact) mass is 188 g/mol. The Bertz CT molecular complexity index is 179. The van der Waals surface area contributed by atoms with Crippen molar-refractivity contribution in [2.45, 2.75) is 32.5 Å². The number of aliphatic hydroxyl groups is 1. The molecule has 0 radical (unpaired) electrons. The highest BCUT2D eigenvalue weighted by Crippen LogP contribution is 2.03. The van der Waals surface area contributed by atoms with E-state index in [0.29, 0.717) is 13.0 Å². The number of hydrogen-bond acceptors (Lipinski definition) is 3. The maximum atomic E-state index is 10.1. The van der Waals surface area contributed by atoms with E-state index in [4.69, 9.17) is 14.9 Å². The van der Waals surface area contributed by atoms with Gasteiger partial charge < -0.3 is 14.9 Å². The largest absolute Gasteiger partial charge is 0.481 e. The van der Waals surface area contributed by atoms with E-state index in [-0.39, 0.29) is 6.42 Å². The van der Waals surface area contributed by atoms with E-state index >= 15 is 0 Å². The van der Waals surface area contributed by atoms with Crippen molar-refractivity contribution in [3.05, 3.63) is 12.2 Å². The van der Waals surface area contributed by atoms with E-state index in [0.717, 1.165) is 0 Å². The molecule has 0 aromatic carbocycles. The van der Waals surface area contributed by atoms with Gasteiger partial charge in [0.05, 0.1) is 13.0 Å². The summed E-state index contributed by atoms with van der Waals surface area (Å²) < 4.78 is 4.99. The maximum absolute atomic E-state index is 10.1. The molecule has 0 spiro atoms. The molecular formula is C9H16O4. The maximum Gasteiger partial charge on any atom is 0.307 e. The second kappa shape index (κ2) is 5.72. The summed E-state index contributed by atoms with van der Waals surface area (Å²) in [4.78, 5) is 10.1. The molecule has 0 saturated heterocycles. The van der Waals surface area contributed by atoms with Crippen LogP contribution in [-0.4, -0.2) is 28.6 Å². The van der Waals surface area contributed by atoms with Gasteiger partial charge in [0, 0.05) is 0 Å². The Morgan fingerprint density at radius 1 is 1.46 bits per heavy atom. The van der Waals surface area contributed by atoms with Crippen LogP contribution >= 0.6 is 0 Å². The van der Waals surface area contributed by atoms with E-state index in [1.54, 1.807) is 26.0 Å². The number of aliphatic carboxylic acids is 1. The van der Waals surface area contributed by atoms with Crippen LogP contribution in [0.25, 0.3) is 0 Å². The van der Waals surface area contributed by atoms with Gasteiger partial charge in [-0.25, -0.2) is 0 Å². The Morgan fingerprint density at radius 3 is 2.54 bits per heavy atom. The molecule has 0 aliphatic rings. The van der Waals surface area contributed by atoms with Crippen LogP contribution in [0.1, 0.15) is 26.7 Å². The molecule has 13 heavy (non-hydrogen) atoms. The molecule has 0 fully saturated rings. The fourth-order valence-corrected chi connectivity index (χ4v) is 0.679. The molecule has 0 aliphatic heterocycles. The smallest absolute Gasteiger partial charge is 0.307 e. The average molecular weight is 188 g/mol. The highest BCUT2D eigenvalue weighted by Gasteiger charge is 2.10. The van der Waals surface area contributed by atoms with Crippen LogP contribution in [0, 0.1) is 0 Å². The normalized spacial score (nSPS) is 12.2. The minimum atomic E-state index is -1.11. The van der Waals surface area contributed by atoms with Crippen LogP contribution in [0.4, 0.5) is 0 Å². The summed E-state index contributed by atoms with van der Waals surface area (Å²) in [6.45, 7) is 3.49. The zero-order valence-corrected chi connectivity index (χ0v) is 7.99. The van der Waals surface area contributed by atoms with Gasteiger partial charge in [0.25, 0.3) is 0 Å².